The Hall–Kier alpha value is -1.27. The standard InChI is InChI=1S/C14H15BrF2N2O/c1-8-14(15)13(19(2)18-8)7-12(20)5-9-3-10(16)6-11(17)4-9/h3-4,6,12,20H,5,7H2,1-2H3. The van der Waals surface area contributed by atoms with Crippen LogP contribution in [-0.4, -0.2) is 21.0 Å². The van der Waals surface area contributed by atoms with Gasteiger partial charge in [0.25, 0.3) is 0 Å². The largest absolute Gasteiger partial charge is 0.392 e. The molecule has 1 atom stereocenters. The molecule has 0 saturated heterocycles. The first-order valence-electron chi connectivity index (χ1n) is 6.18. The molecule has 1 aromatic heterocycles. The predicted molar refractivity (Wildman–Crippen MR) is 75.4 cm³/mol. The van der Waals surface area contributed by atoms with Gasteiger partial charge in [0.15, 0.2) is 0 Å². The molecule has 1 unspecified atom stereocenters. The zero-order chi connectivity index (χ0) is 14.9. The Bertz CT molecular complexity index is 608. The van der Waals surface area contributed by atoms with Crippen LogP contribution in [-0.2, 0) is 19.9 Å². The van der Waals surface area contributed by atoms with Gasteiger partial charge in [-0.1, -0.05) is 0 Å². The Balaban J connectivity index is 2.10. The first kappa shape index (κ1) is 15.1. The van der Waals surface area contributed by atoms with Gasteiger partial charge in [0, 0.05) is 19.5 Å². The molecule has 2 rings (SSSR count). The van der Waals surface area contributed by atoms with Gasteiger partial charge in [0.1, 0.15) is 11.6 Å². The zero-order valence-electron chi connectivity index (χ0n) is 11.2. The molecule has 0 fully saturated rings. The summed E-state index contributed by atoms with van der Waals surface area (Å²) in [5.74, 6) is -1.27. The number of aliphatic hydroxyl groups excluding tert-OH is 1. The summed E-state index contributed by atoms with van der Waals surface area (Å²) in [5.41, 5.74) is 2.13. The molecule has 1 heterocycles. The second-order valence-electron chi connectivity index (χ2n) is 4.81. The number of benzene rings is 1. The summed E-state index contributed by atoms with van der Waals surface area (Å²) < 4.78 is 28.7. The lowest BCUT2D eigenvalue weighted by Crippen LogP contribution is -2.16. The third-order valence-electron chi connectivity index (χ3n) is 3.08. The quantitative estimate of drug-likeness (QED) is 0.925. The van der Waals surface area contributed by atoms with Crippen molar-refractivity contribution in [3.8, 4) is 0 Å². The van der Waals surface area contributed by atoms with E-state index in [4.69, 9.17) is 0 Å². The van der Waals surface area contributed by atoms with E-state index < -0.39 is 17.7 Å². The zero-order valence-corrected chi connectivity index (χ0v) is 12.8. The van der Waals surface area contributed by atoms with E-state index in [0.717, 1.165) is 21.9 Å². The van der Waals surface area contributed by atoms with Crippen molar-refractivity contribution in [2.24, 2.45) is 7.05 Å². The fraction of sp³-hybridized carbons (Fsp3) is 0.357. The smallest absolute Gasteiger partial charge is 0.126 e. The summed E-state index contributed by atoms with van der Waals surface area (Å²) in [6, 6.07) is 3.28. The van der Waals surface area contributed by atoms with Gasteiger partial charge < -0.3 is 5.11 Å². The summed E-state index contributed by atoms with van der Waals surface area (Å²) in [6.45, 7) is 1.86. The van der Waals surface area contributed by atoms with Gasteiger partial charge in [0.05, 0.1) is 22.0 Å². The van der Waals surface area contributed by atoms with Gasteiger partial charge in [-0.15, -0.1) is 0 Å². The normalized spacial score (nSPS) is 12.7. The summed E-state index contributed by atoms with van der Waals surface area (Å²) in [4.78, 5) is 0. The van der Waals surface area contributed by atoms with Crippen molar-refractivity contribution in [1.29, 1.82) is 0 Å². The van der Waals surface area contributed by atoms with E-state index in [1.54, 1.807) is 11.7 Å². The van der Waals surface area contributed by atoms with Gasteiger partial charge >= 0.3 is 0 Å². The van der Waals surface area contributed by atoms with Gasteiger partial charge in [-0.05, 0) is 47.0 Å². The molecule has 0 saturated carbocycles. The van der Waals surface area contributed by atoms with Crippen LogP contribution in [0.3, 0.4) is 0 Å². The number of hydrogen-bond acceptors (Lipinski definition) is 2. The molecule has 0 aliphatic rings. The molecule has 0 radical (unpaired) electrons. The van der Waals surface area contributed by atoms with Crippen LogP contribution in [0.25, 0.3) is 0 Å². The highest BCUT2D eigenvalue weighted by Crippen LogP contribution is 2.22. The van der Waals surface area contributed by atoms with Gasteiger partial charge in [-0.3, -0.25) is 4.68 Å². The first-order chi connectivity index (χ1) is 9.36. The van der Waals surface area contributed by atoms with Crippen molar-refractivity contribution in [1.82, 2.24) is 9.78 Å². The van der Waals surface area contributed by atoms with Gasteiger partial charge in [-0.2, -0.15) is 5.10 Å². The Morgan fingerprint density at radius 2 is 1.85 bits per heavy atom. The number of aliphatic hydroxyl groups is 1. The minimum atomic E-state index is -0.734. The summed E-state index contributed by atoms with van der Waals surface area (Å²) >= 11 is 3.42. The lowest BCUT2D eigenvalue weighted by Gasteiger charge is -2.11. The fourth-order valence-electron chi connectivity index (χ4n) is 2.20. The molecule has 0 aliphatic carbocycles. The highest BCUT2D eigenvalue weighted by molar-refractivity contribution is 9.10. The van der Waals surface area contributed by atoms with Crippen molar-refractivity contribution >= 4 is 15.9 Å². The minimum absolute atomic E-state index is 0.186. The van der Waals surface area contributed by atoms with Crippen LogP contribution in [0.5, 0.6) is 0 Å². The van der Waals surface area contributed by atoms with Crippen molar-refractivity contribution in [3.63, 3.8) is 0 Å². The van der Waals surface area contributed by atoms with Crippen LogP contribution in [0.4, 0.5) is 8.78 Å². The molecular formula is C14H15BrF2N2O. The second-order valence-corrected chi connectivity index (χ2v) is 5.60. The predicted octanol–water partition coefficient (Wildman–Crippen LogP) is 2.92. The summed E-state index contributed by atoms with van der Waals surface area (Å²) in [5, 5.41) is 14.3. The molecule has 0 spiro atoms. The molecule has 1 N–H and O–H groups in total. The minimum Gasteiger partial charge on any atom is -0.392 e. The fourth-order valence-corrected chi connectivity index (χ4v) is 2.70. The van der Waals surface area contributed by atoms with E-state index in [2.05, 4.69) is 21.0 Å². The van der Waals surface area contributed by atoms with E-state index in [1.807, 2.05) is 6.92 Å². The number of aryl methyl sites for hydroxylation is 2. The number of aromatic nitrogens is 2. The third kappa shape index (κ3) is 3.43. The lowest BCUT2D eigenvalue weighted by atomic mass is 10.0. The highest BCUT2D eigenvalue weighted by atomic mass is 79.9. The van der Waals surface area contributed by atoms with Crippen LogP contribution in [0.2, 0.25) is 0 Å². The SMILES string of the molecule is Cc1nn(C)c(CC(O)Cc2cc(F)cc(F)c2)c1Br. The van der Waals surface area contributed by atoms with Crippen molar-refractivity contribution in [2.45, 2.75) is 25.9 Å². The van der Waals surface area contributed by atoms with E-state index in [9.17, 15) is 13.9 Å². The topological polar surface area (TPSA) is 38.0 Å². The van der Waals surface area contributed by atoms with Crippen molar-refractivity contribution < 1.29 is 13.9 Å². The monoisotopic (exact) mass is 344 g/mol. The summed E-state index contributed by atoms with van der Waals surface area (Å²) in [7, 11) is 1.79. The molecule has 3 nitrogen and oxygen atoms in total. The van der Waals surface area contributed by atoms with Crippen LogP contribution < -0.4 is 0 Å². The van der Waals surface area contributed by atoms with E-state index >= 15 is 0 Å². The van der Waals surface area contributed by atoms with Crippen LogP contribution in [0, 0.1) is 18.6 Å². The number of hydrogen-bond donors (Lipinski definition) is 1. The van der Waals surface area contributed by atoms with Crippen LogP contribution in [0.15, 0.2) is 22.7 Å². The molecule has 108 valence electrons. The highest BCUT2D eigenvalue weighted by Gasteiger charge is 2.16. The van der Waals surface area contributed by atoms with E-state index in [1.165, 1.54) is 12.1 Å². The Morgan fingerprint density at radius 1 is 1.25 bits per heavy atom. The maximum absolute atomic E-state index is 13.1. The molecule has 0 amide bonds. The Kier molecular flexibility index (Phi) is 4.55. The molecule has 20 heavy (non-hydrogen) atoms. The molecule has 1 aromatic carbocycles. The molecule has 0 bridgehead atoms. The lowest BCUT2D eigenvalue weighted by molar-refractivity contribution is 0.172. The average molecular weight is 345 g/mol. The number of rotatable bonds is 4. The third-order valence-corrected chi connectivity index (χ3v) is 4.12. The van der Waals surface area contributed by atoms with E-state index in [0.29, 0.717) is 12.0 Å². The maximum atomic E-state index is 13.1. The average Bonchev–Trinajstić information content (AvgIpc) is 2.54. The molecule has 2 aromatic rings. The van der Waals surface area contributed by atoms with Crippen molar-refractivity contribution in [3.05, 3.63) is 51.3 Å². The number of halogens is 3. The van der Waals surface area contributed by atoms with Crippen LogP contribution in [0.1, 0.15) is 17.0 Å². The van der Waals surface area contributed by atoms with Crippen LogP contribution >= 0.6 is 15.9 Å². The van der Waals surface area contributed by atoms with Gasteiger partial charge in [0.2, 0.25) is 0 Å². The summed E-state index contributed by atoms with van der Waals surface area (Å²) in [6.07, 6.45) is -0.191. The van der Waals surface area contributed by atoms with E-state index in [-0.39, 0.29) is 6.42 Å². The molecular weight excluding hydrogens is 330 g/mol. The Morgan fingerprint density at radius 3 is 2.35 bits per heavy atom. The Labute approximate surface area is 124 Å². The number of nitrogens with zero attached hydrogens (tertiary/aromatic N) is 2. The second kappa shape index (κ2) is 6.01. The maximum Gasteiger partial charge on any atom is 0.126 e. The first-order valence-corrected chi connectivity index (χ1v) is 6.97. The molecule has 6 heteroatoms. The van der Waals surface area contributed by atoms with Gasteiger partial charge in [-0.25, -0.2) is 8.78 Å². The van der Waals surface area contributed by atoms with Crippen molar-refractivity contribution in [2.75, 3.05) is 0 Å². The molecule has 0 aliphatic heterocycles.